The Morgan fingerprint density at radius 2 is 2.14 bits per heavy atom. The first-order chi connectivity index (χ1) is 13.5. The van der Waals surface area contributed by atoms with Gasteiger partial charge in [0.25, 0.3) is 0 Å². The van der Waals surface area contributed by atoms with E-state index in [9.17, 15) is 4.79 Å². The van der Waals surface area contributed by atoms with Crippen molar-refractivity contribution < 1.29 is 14.3 Å². The zero-order valence-corrected chi connectivity index (χ0v) is 18.1. The average Bonchev–Trinajstić information content (AvgIpc) is 3.31. The second-order valence-electron chi connectivity index (χ2n) is 7.55. The molecule has 1 aromatic heterocycles. The Balaban J connectivity index is 1.66. The molecule has 1 N–H and O–H groups in total. The van der Waals surface area contributed by atoms with Gasteiger partial charge in [0, 0.05) is 49.5 Å². The molecular formula is C20H32N4O3S. The van der Waals surface area contributed by atoms with E-state index in [1.54, 1.807) is 7.05 Å². The predicted octanol–water partition coefficient (Wildman–Crippen LogP) is 1.75. The molecule has 2 aliphatic rings. The second kappa shape index (κ2) is 9.71. The van der Waals surface area contributed by atoms with Gasteiger partial charge in [0.2, 0.25) is 0 Å². The largest absolute Gasteiger partial charge is 0.469 e. The Morgan fingerprint density at radius 1 is 1.39 bits per heavy atom. The van der Waals surface area contributed by atoms with Crippen LogP contribution in [0.15, 0.2) is 17.1 Å². The van der Waals surface area contributed by atoms with Crippen LogP contribution in [-0.2, 0) is 14.3 Å². The van der Waals surface area contributed by atoms with Gasteiger partial charge in [-0.15, -0.1) is 11.3 Å². The average molecular weight is 409 g/mol. The van der Waals surface area contributed by atoms with E-state index in [-0.39, 0.29) is 23.8 Å². The lowest BCUT2D eigenvalue weighted by Gasteiger charge is -2.35. The van der Waals surface area contributed by atoms with E-state index >= 15 is 0 Å². The summed E-state index contributed by atoms with van der Waals surface area (Å²) < 4.78 is 10.5. The van der Waals surface area contributed by atoms with E-state index in [4.69, 9.17) is 9.47 Å². The number of aliphatic imine (C=N–C) groups is 1. The minimum Gasteiger partial charge on any atom is -0.469 e. The van der Waals surface area contributed by atoms with Crippen LogP contribution in [0.5, 0.6) is 0 Å². The summed E-state index contributed by atoms with van der Waals surface area (Å²) >= 11 is 1.85. The van der Waals surface area contributed by atoms with Gasteiger partial charge in [-0.2, -0.15) is 0 Å². The summed E-state index contributed by atoms with van der Waals surface area (Å²) in [6.45, 7) is 9.91. The first kappa shape index (κ1) is 21.1. The molecule has 0 saturated carbocycles. The highest BCUT2D eigenvalue weighted by atomic mass is 32.1. The van der Waals surface area contributed by atoms with Crippen molar-refractivity contribution in [2.45, 2.75) is 19.9 Å². The van der Waals surface area contributed by atoms with Crippen molar-refractivity contribution >= 4 is 23.3 Å². The number of nitrogens with one attached hydrogen (secondary N) is 1. The molecule has 0 bridgehead atoms. The van der Waals surface area contributed by atoms with Crippen molar-refractivity contribution in [1.29, 1.82) is 0 Å². The summed E-state index contributed by atoms with van der Waals surface area (Å²) in [5.74, 6) is 0.870. The van der Waals surface area contributed by atoms with E-state index in [2.05, 4.69) is 46.1 Å². The van der Waals surface area contributed by atoms with Crippen LogP contribution in [-0.4, -0.2) is 81.8 Å². The molecule has 2 fully saturated rings. The molecule has 28 heavy (non-hydrogen) atoms. The van der Waals surface area contributed by atoms with E-state index in [1.165, 1.54) is 16.9 Å². The van der Waals surface area contributed by atoms with Crippen LogP contribution in [0.25, 0.3) is 0 Å². The Bertz CT molecular complexity index is 687. The molecule has 3 unspecified atom stereocenters. The van der Waals surface area contributed by atoms with E-state index in [0.717, 1.165) is 45.4 Å². The third-order valence-corrected chi connectivity index (χ3v) is 6.76. The first-order valence-electron chi connectivity index (χ1n) is 9.95. The maximum Gasteiger partial charge on any atom is 0.310 e. The fourth-order valence-electron chi connectivity index (χ4n) is 4.05. The van der Waals surface area contributed by atoms with Crippen LogP contribution in [0, 0.1) is 18.8 Å². The summed E-state index contributed by atoms with van der Waals surface area (Å²) in [5.41, 5.74) is 0. The van der Waals surface area contributed by atoms with E-state index < -0.39 is 0 Å². The van der Waals surface area contributed by atoms with Gasteiger partial charge in [-0.25, -0.2) is 0 Å². The number of rotatable bonds is 5. The Hall–Kier alpha value is -1.64. The molecule has 0 radical (unpaired) electrons. The standard InChI is InChI=1S/C20H32N4O3S/c1-14-12-24(13-16(14)19(25)26-4)20(21-3)22-11-17(18-6-5-15(2)28-18)23-7-9-27-10-8-23/h5-6,14,16-17H,7-13H2,1-4H3,(H,21,22). The van der Waals surface area contributed by atoms with Gasteiger partial charge < -0.3 is 19.7 Å². The van der Waals surface area contributed by atoms with Crippen molar-refractivity contribution in [3.63, 3.8) is 0 Å². The van der Waals surface area contributed by atoms with Crippen molar-refractivity contribution in [1.82, 2.24) is 15.1 Å². The first-order valence-corrected chi connectivity index (χ1v) is 10.8. The van der Waals surface area contributed by atoms with Gasteiger partial charge in [0.1, 0.15) is 0 Å². The van der Waals surface area contributed by atoms with Crippen LogP contribution < -0.4 is 5.32 Å². The monoisotopic (exact) mass is 408 g/mol. The molecule has 0 spiro atoms. The number of carbonyl (C=O) groups is 1. The third kappa shape index (κ3) is 4.85. The highest BCUT2D eigenvalue weighted by Gasteiger charge is 2.37. The highest BCUT2D eigenvalue weighted by Crippen LogP contribution is 2.28. The molecule has 1 aromatic rings. The number of carbonyl (C=O) groups excluding carboxylic acids is 1. The summed E-state index contributed by atoms with van der Waals surface area (Å²) in [5, 5.41) is 3.56. The number of ether oxygens (including phenoxy) is 2. The lowest BCUT2D eigenvalue weighted by Crippen LogP contribution is -2.47. The number of thiophene rings is 1. The number of hydrogen-bond acceptors (Lipinski definition) is 6. The number of morpholine rings is 1. The molecule has 2 saturated heterocycles. The van der Waals surface area contributed by atoms with Gasteiger partial charge in [-0.3, -0.25) is 14.7 Å². The Kier molecular flexibility index (Phi) is 7.31. The third-order valence-electron chi connectivity index (χ3n) is 5.66. The molecule has 0 amide bonds. The zero-order valence-electron chi connectivity index (χ0n) is 17.3. The molecular weight excluding hydrogens is 376 g/mol. The van der Waals surface area contributed by atoms with Crippen LogP contribution in [0.3, 0.4) is 0 Å². The molecule has 156 valence electrons. The normalized spacial score (nSPS) is 25.0. The van der Waals surface area contributed by atoms with Gasteiger partial charge in [-0.05, 0) is 25.0 Å². The van der Waals surface area contributed by atoms with Gasteiger partial charge in [0.05, 0.1) is 32.3 Å². The number of methoxy groups -OCH3 is 1. The zero-order chi connectivity index (χ0) is 20.1. The Morgan fingerprint density at radius 3 is 2.75 bits per heavy atom. The number of aryl methyl sites for hydroxylation is 1. The summed E-state index contributed by atoms with van der Waals surface area (Å²) in [7, 11) is 3.26. The van der Waals surface area contributed by atoms with Crippen LogP contribution in [0.2, 0.25) is 0 Å². The maximum atomic E-state index is 12.0. The molecule has 8 heteroatoms. The second-order valence-corrected chi connectivity index (χ2v) is 8.87. The van der Waals surface area contributed by atoms with Gasteiger partial charge in [0.15, 0.2) is 5.96 Å². The van der Waals surface area contributed by atoms with E-state index in [0.29, 0.717) is 6.54 Å². The molecule has 3 atom stereocenters. The van der Waals surface area contributed by atoms with Crippen molar-refractivity contribution in [3.8, 4) is 0 Å². The number of guanidine groups is 1. The Labute approximate surface area is 171 Å². The molecule has 7 nitrogen and oxygen atoms in total. The van der Waals surface area contributed by atoms with Crippen LogP contribution in [0.1, 0.15) is 22.7 Å². The predicted molar refractivity (Wildman–Crippen MR) is 112 cm³/mol. The fourth-order valence-corrected chi connectivity index (χ4v) is 5.06. The molecule has 3 heterocycles. The van der Waals surface area contributed by atoms with Crippen molar-refractivity contribution in [2.75, 3.05) is 60.1 Å². The van der Waals surface area contributed by atoms with Crippen LogP contribution >= 0.6 is 11.3 Å². The number of hydrogen-bond donors (Lipinski definition) is 1. The topological polar surface area (TPSA) is 66.4 Å². The van der Waals surface area contributed by atoms with Gasteiger partial charge in [-0.1, -0.05) is 6.92 Å². The quantitative estimate of drug-likeness (QED) is 0.455. The SMILES string of the molecule is CN=C(NCC(c1ccc(C)s1)N1CCOCC1)N1CC(C)C(C(=O)OC)C1. The summed E-state index contributed by atoms with van der Waals surface area (Å²) in [4.78, 5) is 23.8. The highest BCUT2D eigenvalue weighted by molar-refractivity contribution is 7.12. The lowest BCUT2D eigenvalue weighted by atomic mass is 9.99. The summed E-state index contributed by atoms with van der Waals surface area (Å²) in [6.07, 6.45) is 0. The molecule has 0 aliphatic carbocycles. The molecule has 2 aliphatic heterocycles. The summed E-state index contributed by atoms with van der Waals surface area (Å²) in [6, 6.07) is 4.71. The number of esters is 1. The van der Waals surface area contributed by atoms with Gasteiger partial charge >= 0.3 is 5.97 Å². The maximum absolute atomic E-state index is 12.0. The number of nitrogens with zero attached hydrogens (tertiary/aromatic N) is 3. The van der Waals surface area contributed by atoms with Crippen molar-refractivity contribution in [3.05, 3.63) is 21.9 Å². The minimum absolute atomic E-state index is 0.0986. The van der Waals surface area contributed by atoms with Crippen LogP contribution in [0.4, 0.5) is 0 Å². The fraction of sp³-hybridized carbons (Fsp3) is 0.700. The van der Waals surface area contributed by atoms with E-state index in [1.807, 2.05) is 11.3 Å². The minimum atomic E-state index is -0.134. The molecule has 3 rings (SSSR count). The van der Waals surface area contributed by atoms with Crippen molar-refractivity contribution in [2.24, 2.45) is 16.8 Å². The smallest absolute Gasteiger partial charge is 0.310 e. The molecule has 0 aromatic carbocycles. The lowest BCUT2D eigenvalue weighted by molar-refractivity contribution is -0.145. The number of likely N-dealkylation sites (tertiary alicyclic amines) is 1.